The molecule has 1 aliphatic heterocycles. The second-order valence-corrected chi connectivity index (χ2v) is 12.1. The van der Waals surface area contributed by atoms with Gasteiger partial charge in [-0.2, -0.15) is 0 Å². The highest BCUT2D eigenvalue weighted by Gasteiger charge is 2.34. The number of alkyl halides is 1. The van der Waals surface area contributed by atoms with Crippen LogP contribution in [0.5, 0.6) is 0 Å². The summed E-state index contributed by atoms with van der Waals surface area (Å²) >= 11 is 0. The molecule has 4 aromatic rings. The molecule has 1 saturated heterocycles. The third-order valence-electron chi connectivity index (χ3n) is 8.05. The Labute approximate surface area is 262 Å². The molecule has 1 aliphatic rings. The number of benzene rings is 2. The first-order chi connectivity index (χ1) is 21.6. The van der Waals surface area contributed by atoms with Crippen molar-refractivity contribution in [2.75, 3.05) is 13.1 Å². The molecule has 3 N–H and O–H groups in total. The maximum atomic E-state index is 14.4. The summed E-state index contributed by atoms with van der Waals surface area (Å²) in [5.74, 6) is -0.0652. The summed E-state index contributed by atoms with van der Waals surface area (Å²) in [6, 6.07) is 17.1. The van der Waals surface area contributed by atoms with Crippen LogP contribution in [0.3, 0.4) is 0 Å². The van der Waals surface area contributed by atoms with Crippen molar-refractivity contribution in [2.45, 2.75) is 70.4 Å². The molecule has 9 nitrogen and oxygen atoms in total. The van der Waals surface area contributed by atoms with E-state index in [0.29, 0.717) is 42.1 Å². The summed E-state index contributed by atoms with van der Waals surface area (Å²) in [6.45, 7) is 5.93. The SMILES string of the molecule is Cc1coc(C2CCCN2C(=O)c2cccc(C(=O)N[C@@H](Cc3ccccc3)[C@H](O)CNCc3cncc(C(C)(C)F)c3)c2)n1. The maximum Gasteiger partial charge on any atom is 0.254 e. The fraction of sp³-hybridized carbons (Fsp3) is 0.371. The zero-order chi connectivity index (χ0) is 32.0. The Morgan fingerprint density at radius 2 is 1.87 bits per heavy atom. The number of carbonyl (C=O) groups is 2. The molecule has 3 atom stereocenters. The Bertz CT molecular complexity index is 1600. The molecule has 0 saturated carbocycles. The third-order valence-corrected chi connectivity index (χ3v) is 8.05. The van der Waals surface area contributed by atoms with Crippen LogP contribution in [0.2, 0.25) is 0 Å². The molecule has 0 radical (unpaired) electrons. The van der Waals surface area contributed by atoms with E-state index in [0.717, 1.165) is 29.7 Å². The number of amides is 2. The van der Waals surface area contributed by atoms with Crippen LogP contribution in [-0.2, 0) is 18.6 Å². The summed E-state index contributed by atoms with van der Waals surface area (Å²) < 4.78 is 20.0. The first-order valence-corrected chi connectivity index (χ1v) is 15.3. The Morgan fingerprint density at radius 1 is 1.09 bits per heavy atom. The average Bonchev–Trinajstić information content (AvgIpc) is 3.70. The van der Waals surface area contributed by atoms with Crippen LogP contribution in [0.4, 0.5) is 4.39 Å². The van der Waals surface area contributed by atoms with Gasteiger partial charge >= 0.3 is 0 Å². The van der Waals surface area contributed by atoms with Crippen molar-refractivity contribution < 1.29 is 23.5 Å². The summed E-state index contributed by atoms with van der Waals surface area (Å²) in [5, 5.41) is 17.4. The highest BCUT2D eigenvalue weighted by molar-refractivity contribution is 6.00. The van der Waals surface area contributed by atoms with Gasteiger partial charge in [-0.25, -0.2) is 9.37 Å². The molecule has 1 fully saturated rings. The Balaban J connectivity index is 1.26. The van der Waals surface area contributed by atoms with E-state index >= 15 is 0 Å². The van der Waals surface area contributed by atoms with E-state index in [9.17, 15) is 19.1 Å². The number of aryl methyl sites for hydroxylation is 1. The number of aliphatic hydroxyl groups is 1. The molecule has 2 aromatic heterocycles. The van der Waals surface area contributed by atoms with Gasteiger partial charge in [0.25, 0.3) is 11.8 Å². The highest BCUT2D eigenvalue weighted by Crippen LogP contribution is 2.33. The van der Waals surface area contributed by atoms with Crippen LogP contribution in [0, 0.1) is 6.92 Å². The number of aromatic nitrogens is 2. The van der Waals surface area contributed by atoms with Crippen LogP contribution >= 0.6 is 0 Å². The number of rotatable bonds is 12. The second kappa shape index (κ2) is 14.1. The lowest BCUT2D eigenvalue weighted by Crippen LogP contribution is -2.48. The van der Waals surface area contributed by atoms with E-state index < -0.39 is 23.7 Å². The number of hydrogen-bond acceptors (Lipinski definition) is 7. The largest absolute Gasteiger partial charge is 0.446 e. The van der Waals surface area contributed by atoms with Crippen LogP contribution in [-0.4, -0.2) is 57.0 Å². The summed E-state index contributed by atoms with van der Waals surface area (Å²) in [4.78, 5) is 37.4. The van der Waals surface area contributed by atoms with Gasteiger partial charge in [0.15, 0.2) is 0 Å². The van der Waals surface area contributed by atoms with E-state index in [1.165, 1.54) is 20.0 Å². The molecular formula is C35H40FN5O4. The topological polar surface area (TPSA) is 121 Å². The Kier molecular flexibility index (Phi) is 10.0. The normalized spacial score (nSPS) is 16.4. The van der Waals surface area contributed by atoms with Crippen LogP contribution in [0.15, 0.2) is 83.7 Å². The van der Waals surface area contributed by atoms with E-state index in [4.69, 9.17) is 4.42 Å². The molecule has 10 heteroatoms. The smallest absolute Gasteiger partial charge is 0.254 e. The first kappa shape index (κ1) is 32.0. The van der Waals surface area contributed by atoms with Crippen molar-refractivity contribution in [1.29, 1.82) is 0 Å². The summed E-state index contributed by atoms with van der Waals surface area (Å²) in [7, 11) is 0. The van der Waals surface area contributed by atoms with Crippen molar-refractivity contribution in [3.05, 3.63) is 119 Å². The van der Waals surface area contributed by atoms with Crippen molar-refractivity contribution in [2.24, 2.45) is 0 Å². The number of aliphatic hydroxyl groups excluding tert-OH is 1. The number of pyridine rings is 1. The minimum Gasteiger partial charge on any atom is -0.446 e. The minimum absolute atomic E-state index is 0.177. The molecule has 0 aliphatic carbocycles. The van der Waals surface area contributed by atoms with Gasteiger partial charge in [-0.3, -0.25) is 14.6 Å². The van der Waals surface area contributed by atoms with Crippen molar-refractivity contribution in [1.82, 2.24) is 25.5 Å². The van der Waals surface area contributed by atoms with Crippen molar-refractivity contribution in [3.8, 4) is 0 Å². The highest BCUT2D eigenvalue weighted by atomic mass is 19.1. The predicted molar refractivity (Wildman–Crippen MR) is 168 cm³/mol. The summed E-state index contributed by atoms with van der Waals surface area (Å²) in [5.41, 5.74) is 2.18. The Morgan fingerprint density at radius 3 is 2.60 bits per heavy atom. The molecular weight excluding hydrogens is 573 g/mol. The number of halogens is 1. The monoisotopic (exact) mass is 613 g/mol. The first-order valence-electron chi connectivity index (χ1n) is 15.3. The number of likely N-dealkylation sites (tertiary alicyclic amines) is 1. The zero-order valence-electron chi connectivity index (χ0n) is 25.9. The second-order valence-electron chi connectivity index (χ2n) is 12.1. The van der Waals surface area contributed by atoms with Crippen LogP contribution in [0.1, 0.15) is 81.7 Å². The molecule has 3 heterocycles. The fourth-order valence-electron chi connectivity index (χ4n) is 5.57. The molecule has 45 heavy (non-hydrogen) atoms. The quantitative estimate of drug-likeness (QED) is 0.205. The van der Waals surface area contributed by atoms with E-state index in [1.807, 2.05) is 37.3 Å². The van der Waals surface area contributed by atoms with Gasteiger partial charge < -0.3 is 25.1 Å². The number of hydrogen-bond donors (Lipinski definition) is 3. The predicted octanol–water partition coefficient (Wildman–Crippen LogP) is 5.05. The van der Waals surface area contributed by atoms with Gasteiger partial charge in [0.05, 0.1) is 17.8 Å². The van der Waals surface area contributed by atoms with Gasteiger partial charge in [0.2, 0.25) is 5.89 Å². The number of nitrogens with zero attached hydrogens (tertiary/aromatic N) is 3. The standard InChI is InChI=1S/C35H40FN5O4/c1-23-22-45-33(39-23)30-13-8-14-41(30)34(44)27-12-7-11-26(17-27)32(43)40-29(16-24-9-5-4-6-10-24)31(42)21-38-19-25-15-28(20-37-18-25)35(2,3)36/h4-7,9-12,15,17-18,20,22,29-31,38,42H,8,13-14,16,19,21H2,1-3H3,(H,40,43)/t29-,30?,31+/m0/s1. The lowest BCUT2D eigenvalue weighted by atomic mass is 9.99. The van der Waals surface area contributed by atoms with E-state index in [2.05, 4.69) is 20.6 Å². The van der Waals surface area contributed by atoms with Gasteiger partial charge in [0.1, 0.15) is 18.0 Å². The van der Waals surface area contributed by atoms with Gasteiger partial charge in [-0.05, 0) is 75.4 Å². The Hall–Kier alpha value is -4.41. The number of carbonyl (C=O) groups excluding carboxylic acids is 2. The van der Waals surface area contributed by atoms with Gasteiger partial charge in [0, 0.05) is 48.7 Å². The molecule has 2 aromatic carbocycles. The van der Waals surface area contributed by atoms with Crippen molar-refractivity contribution in [3.63, 3.8) is 0 Å². The van der Waals surface area contributed by atoms with Gasteiger partial charge in [-0.1, -0.05) is 36.4 Å². The molecule has 5 rings (SSSR count). The lowest BCUT2D eigenvalue weighted by Gasteiger charge is -2.25. The molecule has 236 valence electrons. The molecule has 1 unspecified atom stereocenters. The lowest BCUT2D eigenvalue weighted by molar-refractivity contribution is 0.0715. The number of oxazole rings is 1. The van der Waals surface area contributed by atoms with E-state index in [1.54, 1.807) is 47.7 Å². The van der Waals surface area contributed by atoms with Crippen molar-refractivity contribution >= 4 is 11.8 Å². The molecule has 2 amide bonds. The number of nitrogens with one attached hydrogen (secondary N) is 2. The fourth-order valence-corrected chi connectivity index (χ4v) is 5.57. The third kappa shape index (κ3) is 8.20. The minimum atomic E-state index is -1.51. The van der Waals surface area contributed by atoms with Crippen LogP contribution < -0.4 is 10.6 Å². The summed E-state index contributed by atoms with van der Waals surface area (Å²) in [6.07, 6.45) is 5.79. The van der Waals surface area contributed by atoms with Gasteiger partial charge in [-0.15, -0.1) is 0 Å². The molecule has 0 bridgehead atoms. The van der Waals surface area contributed by atoms with Crippen LogP contribution in [0.25, 0.3) is 0 Å². The molecule has 0 spiro atoms. The maximum absolute atomic E-state index is 14.4. The zero-order valence-corrected chi connectivity index (χ0v) is 25.9. The average molecular weight is 614 g/mol. The van der Waals surface area contributed by atoms with E-state index in [-0.39, 0.29) is 18.5 Å².